The molecule has 2 aliphatic heterocycles. The summed E-state index contributed by atoms with van der Waals surface area (Å²) in [5.74, 6) is 0.123. The van der Waals surface area contributed by atoms with Crippen molar-refractivity contribution in [3.05, 3.63) is 17.5 Å². The molecule has 0 radical (unpaired) electrons. The summed E-state index contributed by atoms with van der Waals surface area (Å²) in [7, 11) is -3.25. The van der Waals surface area contributed by atoms with Crippen LogP contribution in [0.2, 0.25) is 0 Å². The number of amides is 1. The normalized spacial score (nSPS) is 19.2. The lowest BCUT2D eigenvalue weighted by molar-refractivity contribution is -0.135. The summed E-state index contributed by atoms with van der Waals surface area (Å²) in [5, 5.41) is 4.11. The Bertz CT molecular complexity index is 722. The monoisotopic (exact) mass is 370 g/mol. The van der Waals surface area contributed by atoms with E-state index >= 15 is 0 Å². The van der Waals surface area contributed by atoms with Crippen LogP contribution in [0.5, 0.6) is 0 Å². The molecule has 0 N–H and O–H groups in total. The van der Waals surface area contributed by atoms with E-state index in [9.17, 15) is 13.2 Å². The van der Waals surface area contributed by atoms with Gasteiger partial charge in [0.25, 0.3) is 0 Å². The first kappa shape index (κ1) is 18.3. The van der Waals surface area contributed by atoms with Crippen molar-refractivity contribution in [1.82, 2.24) is 19.0 Å². The van der Waals surface area contributed by atoms with Crippen LogP contribution in [-0.4, -0.2) is 71.4 Å². The molecule has 3 heterocycles. The molecule has 140 valence electrons. The number of carbonyl (C=O) groups is 1. The number of rotatable bonds is 5. The summed E-state index contributed by atoms with van der Waals surface area (Å²) in [6.07, 6.45) is 0.998. The van der Waals surface area contributed by atoms with E-state index < -0.39 is 15.3 Å². The van der Waals surface area contributed by atoms with Gasteiger partial charge in [-0.05, 0) is 19.9 Å². The van der Waals surface area contributed by atoms with Gasteiger partial charge in [0.1, 0.15) is 0 Å². The molecule has 0 unspecified atom stereocenters. The maximum absolute atomic E-state index is 12.3. The SMILES string of the molecule is CC(C)S(=O)(=O)N1CCn2nc(CCC(=O)N3CCOCC3)cc2C1. The first-order valence-electron chi connectivity index (χ1n) is 8.78. The van der Waals surface area contributed by atoms with Crippen LogP contribution < -0.4 is 0 Å². The van der Waals surface area contributed by atoms with Crippen LogP contribution >= 0.6 is 0 Å². The molecule has 1 aromatic rings. The number of fused-ring (bicyclic) bond motifs is 1. The van der Waals surface area contributed by atoms with E-state index in [4.69, 9.17) is 4.74 Å². The van der Waals surface area contributed by atoms with E-state index in [0.717, 1.165) is 11.4 Å². The van der Waals surface area contributed by atoms with Gasteiger partial charge in [-0.1, -0.05) is 0 Å². The molecule has 0 aliphatic carbocycles. The highest BCUT2D eigenvalue weighted by molar-refractivity contribution is 7.89. The molecule has 1 aromatic heterocycles. The van der Waals surface area contributed by atoms with Crippen molar-refractivity contribution in [2.75, 3.05) is 32.8 Å². The molecule has 0 atom stereocenters. The standard InChI is InChI=1S/C16H26N4O4S/c1-13(2)25(22,23)19-5-6-20-15(12-19)11-14(17-20)3-4-16(21)18-7-9-24-10-8-18/h11,13H,3-10,12H2,1-2H3. The smallest absolute Gasteiger partial charge is 0.223 e. The molecule has 0 bridgehead atoms. The quantitative estimate of drug-likeness (QED) is 0.741. The van der Waals surface area contributed by atoms with Gasteiger partial charge in [0.15, 0.2) is 0 Å². The minimum absolute atomic E-state index is 0.123. The number of nitrogens with zero attached hydrogens (tertiary/aromatic N) is 4. The summed E-state index contributed by atoms with van der Waals surface area (Å²) in [4.78, 5) is 14.1. The summed E-state index contributed by atoms with van der Waals surface area (Å²) in [5.41, 5.74) is 1.74. The third-order valence-electron chi connectivity index (χ3n) is 4.73. The maximum Gasteiger partial charge on any atom is 0.223 e. The molecular formula is C16H26N4O4S. The number of hydrogen-bond acceptors (Lipinski definition) is 5. The number of aromatic nitrogens is 2. The van der Waals surface area contributed by atoms with Crippen LogP contribution in [0.3, 0.4) is 0 Å². The number of carbonyl (C=O) groups excluding carboxylic acids is 1. The van der Waals surface area contributed by atoms with Gasteiger partial charge in [-0.2, -0.15) is 9.40 Å². The predicted molar refractivity (Wildman–Crippen MR) is 92.4 cm³/mol. The Morgan fingerprint density at radius 3 is 2.64 bits per heavy atom. The Morgan fingerprint density at radius 1 is 1.24 bits per heavy atom. The van der Waals surface area contributed by atoms with Crippen LogP contribution in [0.1, 0.15) is 31.7 Å². The topological polar surface area (TPSA) is 84.7 Å². The van der Waals surface area contributed by atoms with E-state index in [1.54, 1.807) is 13.8 Å². The van der Waals surface area contributed by atoms with E-state index in [1.807, 2.05) is 15.6 Å². The molecular weight excluding hydrogens is 344 g/mol. The highest BCUT2D eigenvalue weighted by Gasteiger charge is 2.30. The van der Waals surface area contributed by atoms with Gasteiger partial charge in [-0.25, -0.2) is 8.42 Å². The fourth-order valence-corrected chi connectivity index (χ4v) is 4.39. The molecule has 1 saturated heterocycles. The molecule has 9 heteroatoms. The van der Waals surface area contributed by atoms with E-state index in [2.05, 4.69) is 5.10 Å². The number of morpholine rings is 1. The molecule has 25 heavy (non-hydrogen) atoms. The second kappa shape index (κ2) is 7.43. The number of sulfonamides is 1. The second-order valence-electron chi connectivity index (χ2n) is 6.77. The van der Waals surface area contributed by atoms with Crippen molar-refractivity contribution in [2.45, 2.75) is 45.0 Å². The molecule has 2 aliphatic rings. The minimum Gasteiger partial charge on any atom is -0.378 e. The van der Waals surface area contributed by atoms with Crippen LogP contribution in [0, 0.1) is 0 Å². The van der Waals surface area contributed by atoms with Gasteiger partial charge in [0.2, 0.25) is 15.9 Å². The van der Waals surface area contributed by atoms with Gasteiger partial charge in [0, 0.05) is 32.5 Å². The Labute approximate surface area is 148 Å². The van der Waals surface area contributed by atoms with Gasteiger partial charge >= 0.3 is 0 Å². The van der Waals surface area contributed by atoms with Gasteiger partial charge in [-0.3, -0.25) is 9.48 Å². The van der Waals surface area contributed by atoms with Crippen LogP contribution in [0.25, 0.3) is 0 Å². The van der Waals surface area contributed by atoms with Gasteiger partial charge in [0.05, 0.1) is 42.9 Å². The Balaban J connectivity index is 1.60. The van der Waals surface area contributed by atoms with Crippen LogP contribution in [0.4, 0.5) is 0 Å². The summed E-state index contributed by atoms with van der Waals surface area (Å²) in [6.45, 7) is 7.26. The third kappa shape index (κ3) is 4.04. The van der Waals surface area contributed by atoms with Crippen molar-refractivity contribution in [1.29, 1.82) is 0 Å². The predicted octanol–water partition coefficient (Wildman–Crippen LogP) is 0.228. The minimum atomic E-state index is -3.25. The first-order valence-corrected chi connectivity index (χ1v) is 10.3. The van der Waals surface area contributed by atoms with Crippen molar-refractivity contribution >= 4 is 15.9 Å². The Kier molecular flexibility index (Phi) is 5.45. The van der Waals surface area contributed by atoms with Crippen LogP contribution in [-0.2, 0) is 39.1 Å². The van der Waals surface area contributed by atoms with Crippen molar-refractivity contribution in [3.8, 4) is 0 Å². The van der Waals surface area contributed by atoms with E-state index in [1.165, 1.54) is 4.31 Å². The fraction of sp³-hybridized carbons (Fsp3) is 0.750. The van der Waals surface area contributed by atoms with Crippen LogP contribution in [0.15, 0.2) is 6.07 Å². The maximum atomic E-state index is 12.3. The zero-order valence-corrected chi connectivity index (χ0v) is 15.7. The summed E-state index contributed by atoms with van der Waals surface area (Å²) >= 11 is 0. The highest BCUT2D eigenvalue weighted by Crippen LogP contribution is 2.20. The number of hydrogen-bond donors (Lipinski definition) is 0. The van der Waals surface area contributed by atoms with Gasteiger partial charge in [-0.15, -0.1) is 0 Å². The third-order valence-corrected chi connectivity index (χ3v) is 6.95. The molecule has 0 aromatic carbocycles. The summed E-state index contributed by atoms with van der Waals surface area (Å²) < 4.78 is 33.3. The number of ether oxygens (including phenoxy) is 1. The zero-order chi connectivity index (χ0) is 18.0. The first-order chi connectivity index (χ1) is 11.9. The molecule has 0 spiro atoms. The molecule has 1 fully saturated rings. The van der Waals surface area contributed by atoms with Crippen molar-refractivity contribution < 1.29 is 17.9 Å². The van der Waals surface area contributed by atoms with E-state index in [-0.39, 0.29) is 5.91 Å². The lowest BCUT2D eigenvalue weighted by Gasteiger charge is -2.28. The van der Waals surface area contributed by atoms with Crippen molar-refractivity contribution in [3.63, 3.8) is 0 Å². The van der Waals surface area contributed by atoms with E-state index in [0.29, 0.717) is 58.8 Å². The second-order valence-corrected chi connectivity index (χ2v) is 9.26. The summed E-state index contributed by atoms with van der Waals surface area (Å²) in [6, 6.07) is 1.93. The largest absolute Gasteiger partial charge is 0.378 e. The highest BCUT2D eigenvalue weighted by atomic mass is 32.2. The molecule has 3 rings (SSSR count). The Hall–Kier alpha value is -1.45. The average molecular weight is 370 g/mol. The number of aryl methyl sites for hydroxylation is 1. The fourth-order valence-electron chi connectivity index (χ4n) is 3.15. The average Bonchev–Trinajstić information content (AvgIpc) is 3.02. The Morgan fingerprint density at radius 2 is 1.96 bits per heavy atom. The molecule has 8 nitrogen and oxygen atoms in total. The van der Waals surface area contributed by atoms with Crippen molar-refractivity contribution in [2.24, 2.45) is 0 Å². The molecule has 0 saturated carbocycles. The molecule has 1 amide bonds. The van der Waals surface area contributed by atoms with Gasteiger partial charge < -0.3 is 9.64 Å². The zero-order valence-electron chi connectivity index (χ0n) is 14.8. The lowest BCUT2D eigenvalue weighted by Crippen LogP contribution is -2.41. The lowest BCUT2D eigenvalue weighted by atomic mass is 10.2.